The van der Waals surface area contributed by atoms with E-state index in [1.54, 1.807) is 0 Å². The number of anilines is 1. The molecular formula is C13H18BrN5. The number of halogens is 1. The van der Waals surface area contributed by atoms with E-state index in [0.29, 0.717) is 6.54 Å². The Kier molecular flexibility index (Phi) is 4.52. The van der Waals surface area contributed by atoms with Crippen LogP contribution in [0.5, 0.6) is 0 Å². The van der Waals surface area contributed by atoms with Crippen LogP contribution < -0.4 is 4.90 Å². The molecule has 0 N–H and O–H groups in total. The minimum absolute atomic E-state index is 0.702. The Labute approximate surface area is 121 Å². The van der Waals surface area contributed by atoms with Gasteiger partial charge >= 0.3 is 0 Å². The van der Waals surface area contributed by atoms with Crippen LogP contribution in [-0.2, 0) is 13.1 Å². The number of aryl methyl sites for hydroxylation is 2. The second-order valence-electron chi connectivity index (χ2n) is 4.61. The maximum absolute atomic E-state index is 4.09. The van der Waals surface area contributed by atoms with Crippen molar-refractivity contribution in [3.05, 3.63) is 34.1 Å². The number of hydrogen-bond acceptors (Lipinski definition) is 4. The Morgan fingerprint density at radius 2 is 2.16 bits per heavy atom. The molecule has 0 unspecified atom stereocenters. The molecule has 0 bridgehead atoms. The maximum Gasteiger partial charge on any atom is 0.170 e. The second kappa shape index (κ2) is 6.14. The van der Waals surface area contributed by atoms with Gasteiger partial charge in [0.2, 0.25) is 0 Å². The van der Waals surface area contributed by atoms with E-state index in [2.05, 4.69) is 68.4 Å². The molecule has 2 aromatic rings. The summed E-state index contributed by atoms with van der Waals surface area (Å²) < 4.78 is 2.99. The first-order valence-corrected chi connectivity index (χ1v) is 7.13. The Morgan fingerprint density at radius 3 is 2.84 bits per heavy atom. The first kappa shape index (κ1) is 14.0. The predicted octanol–water partition coefficient (Wildman–Crippen LogP) is 2.79. The van der Waals surface area contributed by atoms with E-state index >= 15 is 0 Å². The SMILES string of the molecule is CCCn1nnnc1CN(C)c1ccc(Br)c(C)c1. The highest BCUT2D eigenvalue weighted by atomic mass is 79.9. The van der Waals surface area contributed by atoms with E-state index < -0.39 is 0 Å². The molecule has 6 heteroatoms. The molecule has 1 aromatic heterocycles. The van der Waals surface area contributed by atoms with Crippen molar-refractivity contribution in [2.24, 2.45) is 0 Å². The monoisotopic (exact) mass is 323 g/mol. The van der Waals surface area contributed by atoms with Crippen molar-refractivity contribution in [2.75, 3.05) is 11.9 Å². The Bertz CT molecular complexity index is 552. The molecule has 0 spiro atoms. The van der Waals surface area contributed by atoms with E-state index in [1.165, 1.54) is 5.56 Å². The molecule has 0 saturated carbocycles. The van der Waals surface area contributed by atoms with Crippen molar-refractivity contribution in [1.82, 2.24) is 20.2 Å². The van der Waals surface area contributed by atoms with Crippen LogP contribution >= 0.6 is 15.9 Å². The lowest BCUT2D eigenvalue weighted by Gasteiger charge is -2.19. The summed E-state index contributed by atoms with van der Waals surface area (Å²) in [4.78, 5) is 2.15. The highest BCUT2D eigenvalue weighted by Crippen LogP contribution is 2.22. The van der Waals surface area contributed by atoms with Gasteiger partial charge in [0.05, 0.1) is 6.54 Å². The maximum atomic E-state index is 4.09. The van der Waals surface area contributed by atoms with Crippen LogP contribution in [0.15, 0.2) is 22.7 Å². The van der Waals surface area contributed by atoms with Crippen LogP contribution in [0.3, 0.4) is 0 Å². The van der Waals surface area contributed by atoms with Gasteiger partial charge in [0.25, 0.3) is 0 Å². The standard InChI is InChI=1S/C13H18BrN5/c1-4-7-19-13(15-16-17-19)9-18(3)11-5-6-12(14)10(2)8-11/h5-6,8H,4,7,9H2,1-3H3. The number of nitrogens with zero attached hydrogens (tertiary/aromatic N) is 5. The predicted molar refractivity (Wildman–Crippen MR) is 79.1 cm³/mol. The lowest BCUT2D eigenvalue weighted by atomic mass is 10.2. The van der Waals surface area contributed by atoms with Gasteiger partial charge in [-0.1, -0.05) is 22.9 Å². The van der Waals surface area contributed by atoms with Crippen LogP contribution in [-0.4, -0.2) is 27.3 Å². The summed E-state index contributed by atoms with van der Waals surface area (Å²) in [5.74, 6) is 0.893. The van der Waals surface area contributed by atoms with Crippen LogP contribution in [0.1, 0.15) is 24.7 Å². The molecular weight excluding hydrogens is 306 g/mol. The average molecular weight is 324 g/mol. The fourth-order valence-electron chi connectivity index (χ4n) is 1.89. The van der Waals surface area contributed by atoms with Gasteiger partial charge in [0.1, 0.15) is 0 Å². The minimum atomic E-state index is 0.702. The Balaban J connectivity index is 2.13. The number of benzene rings is 1. The van der Waals surface area contributed by atoms with Crippen molar-refractivity contribution in [3.8, 4) is 0 Å². The van der Waals surface area contributed by atoms with Crippen molar-refractivity contribution >= 4 is 21.6 Å². The molecule has 0 aliphatic carbocycles. The third-order valence-corrected chi connectivity index (χ3v) is 3.89. The number of aromatic nitrogens is 4. The van der Waals surface area contributed by atoms with Gasteiger partial charge < -0.3 is 4.90 Å². The number of rotatable bonds is 5. The summed E-state index contributed by atoms with van der Waals surface area (Å²) in [6, 6.07) is 6.30. The van der Waals surface area contributed by atoms with E-state index in [9.17, 15) is 0 Å². The Morgan fingerprint density at radius 1 is 1.37 bits per heavy atom. The summed E-state index contributed by atoms with van der Waals surface area (Å²) >= 11 is 3.52. The third-order valence-electron chi connectivity index (χ3n) is 3.00. The number of hydrogen-bond donors (Lipinski definition) is 0. The van der Waals surface area contributed by atoms with Gasteiger partial charge in [-0.25, -0.2) is 4.68 Å². The molecule has 0 aliphatic heterocycles. The molecule has 102 valence electrons. The first-order chi connectivity index (χ1) is 9.11. The topological polar surface area (TPSA) is 46.8 Å². The van der Waals surface area contributed by atoms with Gasteiger partial charge in [-0.3, -0.25) is 0 Å². The zero-order chi connectivity index (χ0) is 13.8. The van der Waals surface area contributed by atoms with Gasteiger partial charge in [0.15, 0.2) is 5.82 Å². The summed E-state index contributed by atoms with van der Waals surface area (Å²) in [6.07, 6.45) is 1.03. The molecule has 0 radical (unpaired) electrons. The molecule has 2 rings (SSSR count). The molecule has 1 heterocycles. The smallest absolute Gasteiger partial charge is 0.170 e. The van der Waals surface area contributed by atoms with E-state index in [4.69, 9.17) is 0 Å². The largest absolute Gasteiger partial charge is 0.367 e. The summed E-state index contributed by atoms with van der Waals surface area (Å²) in [6.45, 7) is 5.76. The molecule has 0 aliphatic rings. The average Bonchev–Trinajstić information content (AvgIpc) is 2.80. The third kappa shape index (κ3) is 3.32. The molecule has 5 nitrogen and oxygen atoms in total. The van der Waals surface area contributed by atoms with Gasteiger partial charge in [-0.15, -0.1) is 5.10 Å². The van der Waals surface area contributed by atoms with Gasteiger partial charge in [0, 0.05) is 23.8 Å². The summed E-state index contributed by atoms with van der Waals surface area (Å²) in [5.41, 5.74) is 2.38. The lowest BCUT2D eigenvalue weighted by molar-refractivity contribution is 0.552. The summed E-state index contributed by atoms with van der Waals surface area (Å²) in [5, 5.41) is 11.8. The molecule has 0 fully saturated rings. The quantitative estimate of drug-likeness (QED) is 0.848. The van der Waals surface area contributed by atoms with Crippen LogP contribution in [0.2, 0.25) is 0 Å². The van der Waals surface area contributed by atoms with Crippen LogP contribution in [0, 0.1) is 6.92 Å². The van der Waals surface area contributed by atoms with E-state index in [0.717, 1.165) is 29.0 Å². The molecule has 0 atom stereocenters. The van der Waals surface area contributed by atoms with Crippen molar-refractivity contribution in [2.45, 2.75) is 33.4 Å². The fraction of sp³-hybridized carbons (Fsp3) is 0.462. The zero-order valence-electron chi connectivity index (χ0n) is 11.5. The normalized spacial score (nSPS) is 10.7. The Hall–Kier alpha value is -1.43. The van der Waals surface area contributed by atoms with E-state index in [-0.39, 0.29) is 0 Å². The zero-order valence-corrected chi connectivity index (χ0v) is 13.1. The molecule has 0 amide bonds. The first-order valence-electron chi connectivity index (χ1n) is 6.34. The summed E-state index contributed by atoms with van der Waals surface area (Å²) in [7, 11) is 2.05. The van der Waals surface area contributed by atoms with Crippen LogP contribution in [0.4, 0.5) is 5.69 Å². The van der Waals surface area contributed by atoms with Crippen LogP contribution in [0.25, 0.3) is 0 Å². The van der Waals surface area contributed by atoms with E-state index in [1.807, 2.05) is 11.7 Å². The highest BCUT2D eigenvalue weighted by molar-refractivity contribution is 9.10. The highest BCUT2D eigenvalue weighted by Gasteiger charge is 2.10. The van der Waals surface area contributed by atoms with Gasteiger partial charge in [-0.2, -0.15) is 0 Å². The lowest BCUT2D eigenvalue weighted by Crippen LogP contribution is -2.20. The molecule has 1 aromatic carbocycles. The van der Waals surface area contributed by atoms with Crippen molar-refractivity contribution < 1.29 is 0 Å². The second-order valence-corrected chi connectivity index (χ2v) is 5.46. The number of tetrazole rings is 1. The molecule has 19 heavy (non-hydrogen) atoms. The fourth-order valence-corrected chi connectivity index (χ4v) is 2.14. The minimum Gasteiger partial charge on any atom is -0.367 e. The van der Waals surface area contributed by atoms with Crippen molar-refractivity contribution in [1.29, 1.82) is 0 Å². The van der Waals surface area contributed by atoms with Gasteiger partial charge in [-0.05, 0) is 47.5 Å². The van der Waals surface area contributed by atoms with Crippen molar-refractivity contribution in [3.63, 3.8) is 0 Å². The molecule has 0 saturated heterocycles.